The zero-order valence-corrected chi connectivity index (χ0v) is 26.4. The quantitative estimate of drug-likeness (QED) is 0.0782. The van der Waals surface area contributed by atoms with Crippen molar-refractivity contribution >= 4 is 28.7 Å². The van der Waals surface area contributed by atoms with Gasteiger partial charge in [0.2, 0.25) is 17.7 Å². The van der Waals surface area contributed by atoms with Gasteiger partial charge in [-0.05, 0) is 72.7 Å². The minimum atomic E-state index is -0.907. The van der Waals surface area contributed by atoms with Gasteiger partial charge >= 0.3 is 0 Å². The first-order valence-electron chi connectivity index (χ1n) is 15.4. The second-order valence-electron chi connectivity index (χ2n) is 11.8. The van der Waals surface area contributed by atoms with Crippen molar-refractivity contribution in [3.8, 4) is 5.75 Å². The van der Waals surface area contributed by atoms with Crippen molar-refractivity contribution in [3.05, 3.63) is 112 Å². The number of rotatable bonds is 14. The maximum absolute atomic E-state index is 14.4. The molecule has 0 radical (unpaired) electrons. The normalized spacial score (nSPS) is 13.1. The zero-order valence-electron chi connectivity index (χ0n) is 26.4. The molecule has 5 aromatic rings. The first kappa shape index (κ1) is 32.7. The minimum absolute atomic E-state index is 0.110. The fraction of sp³-hybridized carbons (Fsp3) is 0.286. The van der Waals surface area contributed by atoms with Gasteiger partial charge < -0.3 is 37.1 Å². The third-order valence-electron chi connectivity index (χ3n) is 8.43. The van der Waals surface area contributed by atoms with Crippen molar-refractivity contribution in [1.29, 1.82) is 0 Å². The van der Waals surface area contributed by atoms with Crippen LogP contribution in [-0.2, 0) is 28.9 Å². The Balaban J connectivity index is 1.50. The lowest BCUT2D eigenvalue weighted by Crippen LogP contribution is -2.43. The number of aromatic nitrogens is 3. The standard InChI is InChI=1S/C35H40N8O4/c1-20-14-24(44)15-21(2)27(20)18-28(26(32(36)45)12-13-39-35(37)38)33(46)41-30(17-23-19-40-29-11-7-6-10-25(23)29)34-42-31(43-47-34)16-22-8-4-3-5-9-22/h3-11,14-15,19,26,28,30,40,44H,12-13,16-18H2,1-2H3,(H2,36,45)(H,41,46)(H4,37,38,39)/t26?,28-,30-/m0/s1. The van der Waals surface area contributed by atoms with Crippen LogP contribution in [0.25, 0.3) is 10.9 Å². The molecule has 0 bridgehead atoms. The number of carbonyl (C=O) groups excluding carboxylic acids is 2. The molecule has 3 aromatic carbocycles. The number of nitrogens with one attached hydrogen (secondary N) is 2. The molecule has 2 amide bonds. The molecule has 0 saturated heterocycles. The van der Waals surface area contributed by atoms with Gasteiger partial charge in [0, 0.05) is 36.5 Å². The molecule has 0 aliphatic rings. The molecular formula is C35H40N8O4. The Labute approximate surface area is 272 Å². The highest BCUT2D eigenvalue weighted by molar-refractivity contribution is 5.88. The second-order valence-corrected chi connectivity index (χ2v) is 11.8. The Bertz CT molecular complexity index is 1850. The van der Waals surface area contributed by atoms with Gasteiger partial charge in [-0.2, -0.15) is 4.98 Å². The SMILES string of the molecule is Cc1cc(O)cc(C)c1C[C@H](C(=O)N[C@@H](Cc1c[nH]c2ccccc12)c1nc(Cc2ccccc2)no1)C(CCN=C(N)N)C(N)=O. The summed E-state index contributed by atoms with van der Waals surface area (Å²) in [6, 6.07) is 20.2. The Hall–Kier alpha value is -5.65. The Morgan fingerprint density at radius 2 is 1.68 bits per heavy atom. The van der Waals surface area contributed by atoms with Gasteiger partial charge in [-0.15, -0.1) is 0 Å². The highest BCUT2D eigenvalue weighted by atomic mass is 16.5. The van der Waals surface area contributed by atoms with E-state index in [4.69, 9.17) is 21.7 Å². The van der Waals surface area contributed by atoms with Crippen molar-refractivity contribution < 1.29 is 19.2 Å². The maximum atomic E-state index is 14.4. The molecule has 0 aliphatic carbocycles. The number of hydrogen-bond acceptors (Lipinski definition) is 7. The molecule has 2 aromatic heterocycles. The summed E-state index contributed by atoms with van der Waals surface area (Å²) in [5.74, 6) is -2.17. The number of guanidine groups is 1. The highest BCUT2D eigenvalue weighted by Gasteiger charge is 2.35. The van der Waals surface area contributed by atoms with E-state index in [9.17, 15) is 14.7 Å². The van der Waals surface area contributed by atoms with E-state index in [0.29, 0.717) is 18.7 Å². The fourth-order valence-corrected chi connectivity index (χ4v) is 6.06. The van der Waals surface area contributed by atoms with E-state index in [0.717, 1.165) is 38.7 Å². The number of aliphatic imine (C=N–C) groups is 1. The number of hydrogen-bond donors (Lipinski definition) is 6. The van der Waals surface area contributed by atoms with Gasteiger partial charge in [0.25, 0.3) is 0 Å². The fourth-order valence-electron chi connectivity index (χ4n) is 6.06. The summed E-state index contributed by atoms with van der Waals surface area (Å²) < 4.78 is 5.76. The number of benzene rings is 3. The van der Waals surface area contributed by atoms with Crippen molar-refractivity contribution in [2.45, 2.75) is 45.6 Å². The summed E-state index contributed by atoms with van der Waals surface area (Å²) in [5.41, 5.74) is 22.3. The molecule has 0 spiro atoms. The molecular weight excluding hydrogens is 596 g/mol. The molecule has 0 saturated carbocycles. The van der Waals surface area contributed by atoms with Crippen LogP contribution in [0.15, 0.2) is 82.4 Å². The maximum Gasteiger partial charge on any atom is 0.249 e. The predicted octanol–water partition coefficient (Wildman–Crippen LogP) is 3.49. The number of nitrogens with two attached hydrogens (primary N) is 3. The van der Waals surface area contributed by atoms with Gasteiger partial charge in [-0.25, -0.2) is 0 Å². The number of aryl methyl sites for hydroxylation is 2. The van der Waals surface area contributed by atoms with Crippen LogP contribution in [0.5, 0.6) is 5.75 Å². The lowest BCUT2D eigenvalue weighted by Gasteiger charge is -2.27. The Kier molecular flexibility index (Phi) is 10.2. The topological polar surface area (TPSA) is 212 Å². The monoisotopic (exact) mass is 636 g/mol. The van der Waals surface area contributed by atoms with Gasteiger partial charge in [-0.3, -0.25) is 14.6 Å². The molecule has 9 N–H and O–H groups in total. The summed E-state index contributed by atoms with van der Waals surface area (Å²) in [6.07, 6.45) is 3.02. The van der Waals surface area contributed by atoms with Crippen LogP contribution in [0.2, 0.25) is 0 Å². The summed E-state index contributed by atoms with van der Waals surface area (Å²) in [4.78, 5) is 39.3. The second kappa shape index (κ2) is 14.6. The predicted molar refractivity (Wildman–Crippen MR) is 179 cm³/mol. The number of nitrogens with zero attached hydrogens (tertiary/aromatic N) is 3. The number of H-pyrrole nitrogens is 1. The van der Waals surface area contributed by atoms with Crippen LogP contribution >= 0.6 is 0 Å². The molecule has 0 aliphatic heterocycles. The number of aromatic amines is 1. The zero-order chi connectivity index (χ0) is 33.5. The van der Waals surface area contributed by atoms with Crippen LogP contribution in [0.4, 0.5) is 0 Å². The van der Waals surface area contributed by atoms with Crippen molar-refractivity contribution in [1.82, 2.24) is 20.4 Å². The molecule has 12 heteroatoms. The van der Waals surface area contributed by atoms with E-state index in [1.54, 1.807) is 12.1 Å². The molecule has 244 valence electrons. The van der Waals surface area contributed by atoms with E-state index in [2.05, 4.69) is 25.4 Å². The summed E-state index contributed by atoms with van der Waals surface area (Å²) in [7, 11) is 0. The third kappa shape index (κ3) is 8.15. The molecule has 5 rings (SSSR count). The van der Waals surface area contributed by atoms with Gasteiger partial charge in [0.15, 0.2) is 11.8 Å². The van der Waals surface area contributed by atoms with E-state index < -0.39 is 29.7 Å². The Morgan fingerprint density at radius 3 is 2.38 bits per heavy atom. The van der Waals surface area contributed by atoms with Crippen molar-refractivity contribution in [2.75, 3.05) is 6.54 Å². The molecule has 12 nitrogen and oxygen atoms in total. The largest absolute Gasteiger partial charge is 0.508 e. The number of para-hydroxylation sites is 1. The number of phenols is 1. The van der Waals surface area contributed by atoms with Crippen molar-refractivity contribution in [2.24, 2.45) is 34.0 Å². The van der Waals surface area contributed by atoms with Crippen LogP contribution in [-0.4, -0.2) is 44.5 Å². The number of fused-ring (bicyclic) bond motifs is 1. The van der Waals surface area contributed by atoms with Gasteiger partial charge in [-0.1, -0.05) is 53.7 Å². The van der Waals surface area contributed by atoms with E-state index in [1.807, 2.05) is 74.6 Å². The van der Waals surface area contributed by atoms with Crippen LogP contribution in [0, 0.1) is 25.7 Å². The average Bonchev–Trinajstić information content (AvgIpc) is 3.66. The van der Waals surface area contributed by atoms with Gasteiger partial charge in [0.1, 0.15) is 11.8 Å². The van der Waals surface area contributed by atoms with Crippen molar-refractivity contribution in [3.63, 3.8) is 0 Å². The summed E-state index contributed by atoms with van der Waals surface area (Å²) >= 11 is 0. The minimum Gasteiger partial charge on any atom is -0.508 e. The summed E-state index contributed by atoms with van der Waals surface area (Å²) in [6.45, 7) is 3.81. The molecule has 1 unspecified atom stereocenters. The molecule has 2 heterocycles. The third-order valence-corrected chi connectivity index (χ3v) is 8.43. The number of phenolic OH excluding ortho intramolecular Hbond substituents is 1. The van der Waals surface area contributed by atoms with Crippen LogP contribution in [0.1, 0.15) is 52.0 Å². The van der Waals surface area contributed by atoms with E-state index in [-0.39, 0.29) is 37.0 Å². The first-order chi connectivity index (χ1) is 22.6. The van der Waals surface area contributed by atoms with E-state index >= 15 is 0 Å². The lowest BCUT2D eigenvalue weighted by atomic mass is 9.81. The number of aromatic hydroxyl groups is 1. The first-order valence-corrected chi connectivity index (χ1v) is 15.4. The smallest absolute Gasteiger partial charge is 0.249 e. The lowest BCUT2D eigenvalue weighted by molar-refractivity contribution is -0.134. The summed E-state index contributed by atoms with van der Waals surface area (Å²) in [5, 5.41) is 18.5. The van der Waals surface area contributed by atoms with Gasteiger partial charge in [0.05, 0.1) is 11.8 Å². The van der Waals surface area contributed by atoms with Crippen LogP contribution in [0.3, 0.4) is 0 Å². The molecule has 47 heavy (non-hydrogen) atoms. The average molecular weight is 637 g/mol. The number of amides is 2. The van der Waals surface area contributed by atoms with E-state index in [1.165, 1.54) is 0 Å². The molecule has 3 atom stereocenters. The molecule has 0 fully saturated rings. The number of primary amides is 1. The Morgan fingerprint density at radius 1 is 0.979 bits per heavy atom. The van der Waals surface area contributed by atoms with Crippen LogP contribution < -0.4 is 22.5 Å². The number of carbonyl (C=O) groups is 2. The highest BCUT2D eigenvalue weighted by Crippen LogP contribution is 2.30.